The quantitative estimate of drug-likeness (QED) is 0.664. The summed E-state index contributed by atoms with van der Waals surface area (Å²) in [4.78, 5) is 25.3. The average Bonchev–Trinajstić information content (AvgIpc) is 3.18. The van der Waals surface area contributed by atoms with Crippen LogP contribution in [0.3, 0.4) is 0 Å². The summed E-state index contributed by atoms with van der Waals surface area (Å²) in [5.41, 5.74) is 1.07. The second-order valence-corrected chi connectivity index (χ2v) is 5.31. The summed E-state index contributed by atoms with van der Waals surface area (Å²) in [6, 6.07) is 5.00. The van der Waals surface area contributed by atoms with Crippen molar-refractivity contribution < 1.29 is 14.7 Å². The van der Waals surface area contributed by atoms with E-state index in [1.165, 1.54) is 4.90 Å². The molecule has 2 amide bonds. The Bertz CT molecular complexity index is 639. The van der Waals surface area contributed by atoms with E-state index >= 15 is 0 Å². The number of fused-ring (bicyclic) bond motifs is 1. The number of aliphatic hydroxyl groups excluding tert-OH is 1. The van der Waals surface area contributed by atoms with Crippen LogP contribution in [0.5, 0.6) is 0 Å². The number of carbonyl (C=O) groups excluding carboxylic acids is 2. The first-order valence-electron chi connectivity index (χ1n) is 6.40. The number of aliphatic hydroxyl groups is 1. The van der Waals surface area contributed by atoms with Gasteiger partial charge in [0.25, 0.3) is 0 Å². The molecule has 1 aromatic rings. The Kier molecular flexibility index (Phi) is 3.25. The van der Waals surface area contributed by atoms with E-state index in [4.69, 9.17) is 16.7 Å². The first-order valence-corrected chi connectivity index (χ1v) is 6.78. The molecular weight excluding hydrogens is 278 g/mol. The number of halogens is 1. The highest BCUT2D eigenvalue weighted by atomic mass is 35.5. The maximum Gasteiger partial charge on any atom is 0.237 e. The van der Waals surface area contributed by atoms with E-state index < -0.39 is 0 Å². The second-order valence-electron chi connectivity index (χ2n) is 4.90. The number of rotatable bonds is 2. The number of hydrogen-bond donors (Lipinski definition) is 1. The molecule has 1 N–H and O–H groups in total. The molecule has 0 spiro atoms. The predicted octanol–water partition coefficient (Wildman–Crippen LogP) is 1.58. The molecule has 1 aliphatic carbocycles. The van der Waals surface area contributed by atoms with Crippen molar-refractivity contribution in [3.05, 3.63) is 28.8 Å². The third-order valence-corrected chi connectivity index (χ3v) is 3.84. The minimum atomic E-state index is -0.164. The monoisotopic (exact) mass is 289 g/mol. The zero-order valence-electron chi connectivity index (χ0n) is 10.6. The fourth-order valence-corrected chi connectivity index (χ4v) is 2.60. The van der Waals surface area contributed by atoms with Crippen LogP contribution in [-0.2, 0) is 9.59 Å². The van der Waals surface area contributed by atoms with Gasteiger partial charge in [-0.1, -0.05) is 23.4 Å². The third kappa shape index (κ3) is 2.09. The van der Waals surface area contributed by atoms with Crippen LogP contribution in [0.1, 0.15) is 18.4 Å². The van der Waals surface area contributed by atoms with Gasteiger partial charge >= 0.3 is 0 Å². The van der Waals surface area contributed by atoms with Gasteiger partial charge in [-0.15, -0.1) is 0 Å². The van der Waals surface area contributed by atoms with Crippen LogP contribution < -0.4 is 4.90 Å². The summed E-state index contributed by atoms with van der Waals surface area (Å²) >= 11 is 6.10. The third-order valence-electron chi connectivity index (χ3n) is 3.52. The van der Waals surface area contributed by atoms with Crippen molar-refractivity contribution >= 4 is 29.1 Å². The van der Waals surface area contributed by atoms with Crippen molar-refractivity contribution in [3.8, 4) is 11.8 Å². The van der Waals surface area contributed by atoms with Crippen molar-refractivity contribution in [3.63, 3.8) is 0 Å². The van der Waals surface area contributed by atoms with Gasteiger partial charge in [0.05, 0.1) is 29.2 Å². The predicted molar refractivity (Wildman–Crippen MR) is 74.1 cm³/mol. The molecule has 5 heteroatoms. The lowest BCUT2D eigenvalue weighted by molar-refractivity contribution is -0.123. The van der Waals surface area contributed by atoms with Crippen LogP contribution in [0, 0.1) is 23.7 Å². The van der Waals surface area contributed by atoms with Gasteiger partial charge in [-0.2, -0.15) is 0 Å². The van der Waals surface area contributed by atoms with Crippen LogP contribution in [-0.4, -0.2) is 23.5 Å². The van der Waals surface area contributed by atoms with Crippen molar-refractivity contribution in [2.24, 2.45) is 11.8 Å². The molecule has 2 unspecified atom stereocenters. The Balaban J connectivity index is 1.93. The molecule has 1 saturated heterocycles. The molecule has 102 valence electrons. The van der Waals surface area contributed by atoms with Gasteiger partial charge < -0.3 is 5.11 Å². The molecular formula is C15H12ClNO3. The Labute approximate surface area is 121 Å². The van der Waals surface area contributed by atoms with E-state index in [1.807, 2.05) is 0 Å². The fourth-order valence-electron chi connectivity index (χ4n) is 2.40. The Morgan fingerprint density at radius 3 is 2.65 bits per heavy atom. The molecule has 0 aromatic heterocycles. The topological polar surface area (TPSA) is 57.6 Å². The van der Waals surface area contributed by atoms with Crippen LogP contribution in [0.15, 0.2) is 18.2 Å². The lowest BCUT2D eigenvalue weighted by Gasteiger charge is -2.18. The van der Waals surface area contributed by atoms with Crippen molar-refractivity contribution in [2.45, 2.75) is 12.8 Å². The smallest absolute Gasteiger partial charge is 0.237 e. The van der Waals surface area contributed by atoms with Gasteiger partial charge in [-0.05, 0) is 24.6 Å². The normalized spacial score (nSPS) is 23.4. The summed E-state index contributed by atoms with van der Waals surface area (Å²) in [7, 11) is 0. The minimum absolute atomic E-state index is 0.0000955. The largest absolute Gasteiger partial charge is 0.395 e. The Morgan fingerprint density at radius 1 is 1.30 bits per heavy atom. The van der Waals surface area contributed by atoms with Gasteiger partial charge in [0.1, 0.15) is 0 Å². The summed E-state index contributed by atoms with van der Waals surface area (Å²) in [5, 5.41) is 9.06. The molecule has 3 rings (SSSR count). The highest BCUT2D eigenvalue weighted by Gasteiger charge is 2.59. The molecule has 2 aliphatic rings. The van der Waals surface area contributed by atoms with E-state index in [1.54, 1.807) is 18.2 Å². The lowest BCUT2D eigenvalue weighted by atomic mass is 10.1. The molecule has 2 fully saturated rings. The highest BCUT2D eigenvalue weighted by Crippen LogP contribution is 2.49. The number of carbonyl (C=O) groups is 2. The molecule has 1 heterocycles. The number of hydrogen-bond acceptors (Lipinski definition) is 3. The van der Waals surface area contributed by atoms with E-state index in [0.29, 0.717) is 29.1 Å². The molecule has 1 aromatic carbocycles. The number of nitrogens with zero attached hydrogens (tertiary/aromatic N) is 1. The number of imide groups is 1. The molecule has 0 bridgehead atoms. The van der Waals surface area contributed by atoms with Crippen molar-refractivity contribution in [1.29, 1.82) is 0 Å². The van der Waals surface area contributed by atoms with Crippen LogP contribution >= 0.6 is 11.6 Å². The molecule has 1 aliphatic heterocycles. The van der Waals surface area contributed by atoms with E-state index in [9.17, 15) is 9.59 Å². The maximum atomic E-state index is 12.1. The first-order chi connectivity index (χ1) is 9.63. The Hall–Kier alpha value is -1.83. The molecule has 2 atom stereocenters. The molecule has 4 nitrogen and oxygen atoms in total. The van der Waals surface area contributed by atoms with Gasteiger partial charge in [0, 0.05) is 12.0 Å². The van der Waals surface area contributed by atoms with Crippen LogP contribution in [0.4, 0.5) is 5.69 Å². The fraction of sp³-hybridized carbons (Fsp3) is 0.333. The number of benzene rings is 1. The average molecular weight is 290 g/mol. The van der Waals surface area contributed by atoms with E-state index in [0.717, 1.165) is 0 Å². The number of piperidine rings is 1. The summed E-state index contributed by atoms with van der Waals surface area (Å²) in [6.45, 7) is -0.0000955. The van der Waals surface area contributed by atoms with Gasteiger partial charge in [-0.25, -0.2) is 4.90 Å². The molecule has 1 saturated carbocycles. The van der Waals surface area contributed by atoms with Crippen LogP contribution in [0.25, 0.3) is 0 Å². The molecule has 0 radical (unpaired) electrons. The number of anilines is 1. The van der Waals surface area contributed by atoms with Gasteiger partial charge in [-0.3, -0.25) is 9.59 Å². The SMILES string of the molecule is O=C1C2CC2C(=O)N1c1cc(C#CCCO)ccc1Cl. The minimum Gasteiger partial charge on any atom is -0.395 e. The highest BCUT2D eigenvalue weighted by molar-refractivity contribution is 6.36. The molecule has 20 heavy (non-hydrogen) atoms. The van der Waals surface area contributed by atoms with Gasteiger partial charge in [0.2, 0.25) is 11.8 Å². The standard InChI is InChI=1S/C15H12ClNO3/c16-12-5-4-9(3-1-2-6-18)7-13(12)17-14(19)10-8-11(10)15(17)20/h4-5,7,10-11,18H,2,6,8H2. The zero-order chi connectivity index (χ0) is 14.3. The number of amides is 2. The lowest BCUT2D eigenvalue weighted by Crippen LogP contribution is -2.33. The first kappa shape index (κ1) is 13.2. The van der Waals surface area contributed by atoms with Crippen LogP contribution in [0.2, 0.25) is 5.02 Å². The van der Waals surface area contributed by atoms with Crippen molar-refractivity contribution in [2.75, 3.05) is 11.5 Å². The van der Waals surface area contributed by atoms with E-state index in [-0.39, 0.29) is 30.3 Å². The maximum absolute atomic E-state index is 12.1. The van der Waals surface area contributed by atoms with E-state index in [2.05, 4.69) is 11.8 Å². The summed E-state index contributed by atoms with van der Waals surface area (Å²) in [6.07, 6.45) is 1.05. The zero-order valence-corrected chi connectivity index (χ0v) is 11.4. The van der Waals surface area contributed by atoms with Crippen molar-refractivity contribution in [1.82, 2.24) is 0 Å². The second kappa shape index (κ2) is 4.93. The van der Waals surface area contributed by atoms with Gasteiger partial charge in [0.15, 0.2) is 0 Å². The summed E-state index contributed by atoms with van der Waals surface area (Å²) in [5.74, 6) is 5.04. The Morgan fingerprint density at radius 2 is 2.00 bits per heavy atom. The summed E-state index contributed by atoms with van der Waals surface area (Å²) < 4.78 is 0.